The van der Waals surface area contributed by atoms with Crippen molar-refractivity contribution in [1.29, 1.82) is 0 Å². The number of carbonyl (C=O) groups is 2. The third-order valence-electron chi connectivity index (χ3n) is 3.99. The van der Waals surface area contributed by atoms with Gasteiger partial charge in [-0.1, -0.05) is 17.7 Å². The zero-order valence-corrected chi connectivity index (χ0v) is 18.3. The van der Waals surface area contributed by atoms with Crippen molar-refractivity contribution >= 4 is 44.8 Å². The first-order valence-electron chi connectivity index (χ1n) is 8.75. The Balaban J connectivity index is 1.54. The molecule has 0 spiro atoms. The standard InChI is InChI=1S/C21H19BrN2O4S/c1-13-3-5-14(6-4-13)23-19(25)10-20-24-15(12-29-20)11-28-21(26)17-9-16(27-2)7-8-18(17)22/h3-9,12H,10-11H2,1-2H3,(H,23,25). The lowest BCUT2D eigenvalue weighted by Gasteiger charge is -2.07. The number of aryl methyl sites for hydroxylation is 1. The van der Waals surface area contributed by atoms with Gasteiger partial charge in [-0.25, -0.2) is 9.78 Å². The van der Waals surface area contributed by atoms with Gasteiger partial charge in [-0.2, -0.15) is 0 Å². The van der Waals surface area contributed by atoms with Gasteiger partial charge in [0.25, 0.3) is 0 Å². The number of nitrogens with one attached hydrogen (secondary N) is 1. The molecule has 3 rings (SSSR count). The van der Waals surface area contributed by atoms with Crippen LogP contribution in [0.4, 0.5) is 5.69 Å². The molecule has 0 atom stereocenters. The summed E-state index contributed by atoms with van der Waals surface area (Å²) in [5.74, 6) is -0.0646. The van der Waals surface area contributed by atoms with Gasteiger partial charge in [0.15, 0.2) is 0 Å². The molecule has 0 bridgehead atoms. The maximum absolute atomic E-state index is 12.3. The molecular weight excluding hydrogens is 456 g/mol. The highest BCUT2D eigenvalue weighted by atomic mass is 79.9. The number of anilines is 1. The lowest BCUT2D eigenvalue weighted by molar-refractivity contribution is -0.115. The summed E-state index contributed by atoms with van der Waals surface area (Å²) in [5.41, 5.74) is 2.84. The molecule has 0 fully saturated rings. The highest BCUT2D eigenvalue weighted by Crippen LogP contribution is 2.23. The Bertz CT molecular complexity index is 1020. The van der Waals surface area contributed by atoms with Gasteiger partial charge >= 0.3 is 5.97 Å². The molecule has 0 aliphatic carbocycles. The molecular formula is C21H19BrN2O4S. The number of rotatable bonds is 7. The normalized spacial score (nSPS) is 10.4. The molecule has 0 saturated heterocycles. The van der Waals surface area contributed by atoms with Crippen LogP contribution in [0.25, 0.3) is 0 Å². The molecule has 6 nitrogen and oxygen atoms in total. The summed E-state index contributed by atoms with van der Waals surface area (Å²) < 4.78 is 11.1. The number of esters is 1. The minimum Gasteiger partial charge on any atom is -0.497 e. The number of carbonyl (C=O) groups excluding carboxylic acids is 2. The van der Waals surface area contributed by atoms with Crippen LogP contribution in [-0.2, 0) is 22.6 Å². The van der Waals surface area contributed by atoms with Gasteiger partial charge in [0.1, 0.15) is 17.4 Å². The van der Waals surface area contributed by atoms with Crippen LogP contribution in [0.15, 0.2) is 52.3 Å². The van der Waals surface area contributed by atoms with Crippen LogP contribution in [-0.4, -0.2) is 24.0 Å². The fourth-order valence-corrected chi connectivity index (χ4v) is 3.67. The summed E-state index contributed by atoms with van der Waals surface area (Å²) in [4.78, 5) is 28.9. The van der Waals surface area contributed by atoms with E-state index in [-0.39, 0.29) is 18.9 Å². The van der Waals surface area contributed by atoms with Crippen molar-refractivity contribution in [2.75, 3.05) is 12.4 Å². The SMILES string of the molecule is COc1ccc(Br)c(C(=O)OCc2csc(CC(=O)Nc3ccc(C)cc3)n2)c1. The Morgan fingerprint density at radius 2 is 1.93 bits per heavy atom. The number of hydrogen-bond acceptors (Lipinski definition) is 6. The second-order valence-electron chi connectivity index (χ2n) is 6.25. The lowest BCUT2D eigenvalue weighted by Crippen LogP contribution is -2.14. The van der Waals surface area contributed by atoms with Crippen LogP contribution in [0.3, 0.4) is 0 Å². The third-order valence-corrected chi connectivity index (χ3v) is 5.58. The van der Waals surface area contributed by atoms with Crippen molar-refractivity contribution in [3.8, 4) is 5.75 Å². The van der Waals surface area contributed by atoms with E-state index in [2.05, 4.69) is 26.2 Å². The van der Waals surface area contributed by atoms with Crippen molar-refractivity contribution < 1.29 is 19.1 Å². The third kappa shape index (κ3) is 5.88. The maximum atomic E-state index is 12.3. The van der Waals surface area contributed by atoms with Crippen molar-refractivity contribution in [2.45, 2.75) is 20.0 Å². The highest BCUT2D eigenvalue weighted by molar-refractivity contribution is 9.10. The number of ether oxygens (including phenoxy) is 2. The molecule has 2 aromatic carbocycles. The number of methoxy groups -OCH3 is 1. The fraction of sp³-hybridized carbons (Fsp3) is 0.190. The maximum Gasteiger partial charge on any atom is 0.339 e. The minimum atomic E-state index is -0.484. The molecule has 0 saturated carbocycles. The van der Waals surface area contributed by atoms with E-state index < -0.39 is 5.97 Å². The quantitative estimate of drug-likeness (QED) is 0.499. The molecule has 8 heteroatoms. The van der Waals surface area contributed by atoms with E-state index in [9.17, 15) is 9.59 Å². The highest BCUT2D eigenvalue weighted by Gasteiger charge is 2.15. The molecule has 1 aromatic heterocycles. The van der Waals surface area contributed by atoms with Gasteiger partial charge in [-0.05, 0) is 53.2 Å². The number of thiazole rings is 1. The molecule has 1 heterocycles. The first-order chi connectivity index (χ1) is 13.9. The van der Waals surface area contributed by atoms with Gasteiger partial charge in [0, 0.05) is 15.5 Å². The smallest absolute Gasteiger partial charge is 0.339 e. The van der Waals surface area contributed by atoms with E-state index >= 15 is 0 Å². The van der Waals surface area contributed by atoms with Crippen molar-refractivity contribution in [2.24, 2.45) is 0 Å². The van der Waals surface area contributed by atoms with E-state index in [1.54, 1.807) is 23.6 Å². The second-order valence-corrected chi connectivity index (χ2v) is 8.04. The van der Waals surface area contributed by atoms with E-state index in [0.29, 0.717) is 26.5 Å². The summed E-state index contributed by atoms with van der Waals surface area (Å²) in [6.07, 6.45) is 0.161. The fourth-order valence-electron chi connectivity index (χ4n) is 2.48. The van der Waals surface area contributed by atoms with Crippen LogP contribution in [0.5, 0.6) is 5.75 Å². The monoisotopic (exact) mass is 474 g/mol. The van der Waals surface area contributed by atoms with Gasteiger partial charge in [-0.3, -0.25) is 4.79 Å². The van der Waals surface area contributed by atoms with Crippen LogP contribution in [0.1, 0.15) is 26.6 Å². The lowest BCUT2D eigenvalue weighted by atomic mass is 10.2. The van der Waals surface area contributed by atoms with Gasteiger partial charge in [0.05, 0.1) is 24.8 Å². The molecule has 0 aliphatic heterocycles. The molecule has 0 aliphatic rings. The second kappa shape index (κ2) is 9.67. The predicted molar refractivity (Wildman–Crippen MR) is 115 cm³/mol. The summed E-state index contributed by atoms with van der Waals surface area (Å²) in [6.45, 7) is 2.01. The summed E-state index contributed by atoms with van der Waals surface area (Å²) in [7, 11) is 1.53. The van der Waals surface area contributed by atoms with E-state index in [0.717, 1.165) is 11.3 Å². The molecule has 150 valence electrons. The Morgan fingerprint density at radius 3 is 2.66 bits per heavy atom. The van der Waals surface area contributed by atoms with Gasteiger partial charge in [0.2, 0.25) is 5.91 Å². The van der Waals surface area contributed by atoms with Crippen molar-refractivity contribution in [3.63, 3.8) is 0 Å². The summed E-state index contributed by atoms with van der Waals surface area (Å²) in [5, 5.41) is 5.28. The van der Waals surface area contributed by atoms with E-state index in [1.165, 1.54) is 18.4 Å². The van der Waals surface area contributed by atoms with Gasteiger partial charge < -0.3 is 14.8 Å². The molecule has 1 N–H and O–H groups in total. The average molecular weight is 475 g/mol. The van der Waals surface area contributed by atoms with Gasteiger partial charge in [-0.15, -0.1) is 11.3 Å². The Kier molecular flexibility index (Phi) is 7.00. The largest absolute Gasteiger partial charge is 0.497 e. The predicted octanol–water partition coefficient (Wildman–Crippen LogP) is 4.76. The average Bonchev–Trinajstić information content (AvgIpc) is 3.15. The van der Waals surface area contributed by atoms with Crippen LogP contribution in [0.2, 0.25) is 0 Å². The van der Waals surface area contributed by atoms with Crippen LogP contribution in [0, 0.1) is 6.92 Å². The Labute approximate surface area is 181 Å². The van der Waals surface area contributed by atoms with Crippen molar-refractivity contribution in [1.82, 2.24) is 4.98 Å². The number of benzene rings is 2. The number of halogens is 1. The number of nitrogens with zero attached hydrogens (tertiary/aromatic N) is 1. The molecule has 1 amide bonds. The number of aromatic nitrogens is 1. The first kappa shape index (κ1) is 21.0. The Hall–Kier alpha value is -2.71. The first-order valence-corrected chi connectivity index (χ1v) is 10.4. The number of hydrogen-bond donors (Lipinski definition) is 1. The van der Waals surface area contributed by atoms with E-state index in [4.69, 9.17) is 9.47 Å². The molecule has 3 aromatic rings. The number of amides is 1. The van der Waals surface area contributed by atoms with Crippen LogP contribution < -0.4 is 10.1 Å². The Morgan fingerprint density at radius 1 is 1.17 bits per heavy atom. The zero-order chi connectivity index (χ0) is 20.8. The van der Waals surface area contributed by atoms with Crippen molar-refractivity contribution in [3.05, 3.63) is 74.1 Å². The molecule has 0 unspecified atom stereocenters. The summed E-state index contributed by atoms with van der Waals surface area (Å²) in [6, 6.07) is 12.7. The van der Waals surface area contributed by atoms with E-state index in [1.807, 2.05) is 31.2 Å². The van der Waals surface area contributed by atoms with Crippen LogP contribution >= 0.6 is 27.3 Å². The summed E-state index contributed by atoms with van der Waals surface area (Å²) >= 11 is 4.69. The minimum absolute atomic E-state index is 0.0264. The molecule has 0 radical (unpaired) electrons. The topological polar surface area (TPSA) is 77.5 Å². The zero-order valence-electron chi connectivity index (χ0n) is 15.9. The molecule has 29 heavy (non-hydrogen) atoms.